The van der Waals surface area contributed by atoms with Crippen molar-refractivity contribution in [2.75, 3.05) is 0 Å². The number of nitrogens with zero attached hydrogens (tertiary/aromatic N) is 3. The molecule has 8 nitrogen and oxygen atoms in total. The van der Waals surface area contributed by atoms with Crippen molar-refractivity contribution in [3.8, 4) is 5.75 Å². The van der Waals surface area contributed by atoms with Crippen molar-refractivity contribution in [3.05, 3.63) is 46.0 Å². The number of fused-ring (bicyclic) bond motifs is 5. The van der Waals surface area contributed by atoms with Gasteiger partial charge in [0.2, 0.25) is 0 Å². The molecule has 2 aliphatic carbocycles. The second kappa shape index (κ2) is 4.98. The van der Waals surface area contributed by atoms with Crippen molar-refractivity contribution in [1.82, 2.24) is 5.01 Å². The molecule has 24 heavy (non-hydrogen) atoms. The number of phenolic OH excluding ortho intramolecular Hbond substituents is 1. The fourth-order valence-electron chi connectivity index (χ4n) is 3.89. The Hall–Kier alpha value is -3.03. The summed E-state index contributed by atoms with van der Waals surface area (Å²) in [4.78, 5) is 35.0. The lowest BCUT2D eigenvalue weighted by molar-refractivity contribution is -0.385. The average Bonchev–Trinajstić information content (AvgIpc) is 3.22. The van der Waals surface area contributed by atoms with Crippen LogP contribution < -0.4 is 0 Å². The third kappa shape index (κ3) is 1.96. The summed E-state index contributed by atoms with van der Waals surface area (Å²) in [6.07, 6.45) is 6.05. The molecule has 1 N–H and O–H groups in total. The molecular formula is C16H13N3O5. The summed E-state index contributed by atoms with van der Waals surface area (Å²) in [5, 5.41) is 25.1. The molecule has 1 aromatic rings. The summed E-state index contributed by atoms with van der Waals surface area (Å²) in [6.45, 7) is 0. The molecule has 8 heteroatoms. The van der Waals surface area contributed by atoms with Gasteiger partial charge in [0.05, 0.1) is 23.0 Å². The Morgan fingerprint density at radius 2 is 1.83 bits per heavy atom. The van der Waals surface area contributed by atoms with Crippen molar-refractivity contribution < 1.29 is 19.6 Å². The van der Waals surface area contributed by atoms with Gasteiger partial charge in [-0.15, -0.1) is 0 Å². The lowest BCUT2D eigenvalue weighted by Gasteiger charge is -2.13. The van der Waals surface area contributed by atoms with E-state index >= 15 is 0 Å². The summed E-state index contributed by atoms with van der Waals surface area (Å²) in [7, 11) is 0. The predicted octanol–water partition coefficient (Wildman–Crippen LogP) is 1.44. The highest BCUT2D eigenvalue weighted by molar-refractivity contribution is 6.06. The molecule has 0 spiro atoms. The lowest BCUT2D eigenvalue weighted by Crippen LogP contribution is -2.28. The van der Waals surface area contributed by atoms with Crippen LogP contribution in [0.4, 0.5) is 5.69 Å². The third-order valence-corrected chi connectivity index (χ3v) is 4.97. The molecule has 0 unspecified atom stereocenters. The zero-order valence-electron chi connectivity index (χ0n) is 12.4. The molecule has 1 heterocycles. The number of nitro groups is 1. The number of phenols is 1. The Morgan fingerprint density at radius 1 is 1.21 bits per heavy atom. The topological polar surface area (TPSA) is 113 Å². The van der Waals surface area contributed by atoms with E-state index in [9.17, 15) is 24.8 Å². The van der Waals surface area contributed by atoms with Crippen LogP contribution in [-0.2, 0) is 9.59 Å². The van der Waals surface area contributed by atoms with Gasteiger partial charge in [0.25, 0.3) is 11.8 Å². The molecule has 2 fully saturated rings. The Kier molecular flexibility index (Phi) is 3.02. The maximum absolute atomic E-state index is 12.4. The molecular weight excluding hydrogens is 314 g/mol. The van der Waals surface area contributed by atoms with Gasteiger partial charge < -0.3 is 5.11 Å². The maximum Gasteiger partial charge on any atom is 0.311 e. The van der Waals surface area contributed by atoms with Crippen LogP contribution in [0.2, 0.25) is 0 Å². The SMILES string of the molecule is O=C1[C@@H]2[C@H](C(=O)N1/N=C\c1ccc(O)c([N+](=O)[O-])c1)[C@H]1C=C[C@H]2C1. The molecule has 0 radical (unpaired) electrons. The maximum atomic E-state index is 12.4. The van der Waals surface area contributed by atoms with E-state index in [0.717, 1.165) is 17.5 Å². The first-order valence-corrected chi connectivity index (χ1v) is 7.55. The molecule has 0 aromatic heterocycles. The largest absolute Gasteiger partial charge is 0.502 e. The van der Waals surface area contributed by atoms with Crippen molar-refractivity contribution in [2.45, 2.75) is 6.42 Å². The molecule has 2 bridgehead atoms. The highest BCUT2D eigenvalue weighted by Crippen LogP contribution is 2.52. The van der Waals surface area contributed by atoms with E-state index in [4.69, 9.17) is 0 Å². The Bertz CT molecular complexity index is 801. The van der Waals surface area contributed by atoms with Gasteiger partial charge in [0, 0.05) is 11.6 Å². The number of carbonyl (C=O) groups excluding carboxylic acids is 2. The normalized spacial score (nSPS) is 30.6. The number of hydrazone groups is 1. The lowest BCUT2D eigenvalue weighted by atomic mass is 9.85. The molecule has 4 atom stereocenters. The van der Waals surface area contributed by atoms with E-state index < -0.39 is 16.4 Å². The van der Waals surface area contributed by atoms with Gasteiger partial charge in [-0.25, -0.2) is 0 Å². The summed E-state index contributed by atoms with van der Waals surface area (Å²) in [5.74, 6) is -1.55. The fraction of sp³-hybridized carbons (Fsp3) is 0.312. The molecule has 1 saturated carbocycles. The van der Waals surface area contributed by atoms with Crippen molar-refractivity contribution in [3.63, 3.8) is 0 Å². The Morgan fingerprint density at radius 3 is 2.42 bits per heavy atom. The van der Waals surface area contributed by atoms with Gasteiger partial charge in [-0.2, -0.15) is 10.1 Å². The molecule has 2 amide bonds. The minimum absolute atomic E-state index is 0.103. The van der Waals surface area contributed by atoms with E-state index in [1.165, 1.54) is 18.3 Å². The molecule has 4 rings (SSSR count). The molecule has 122 valence electrons. The van der Waals surface area contributed by atoms with E-state index in [1.807, 2.05) is 12.2 Å². The first kappa shape index (κ1) is 14.6. The van der Waals surface area contributed by atoms with Crippen molar-refractivity contribution in [1.29, 1.82) is 0 Å². The molecule has 1 saturated heterocycles. The summed E-state index contributed by atoms with van der Waals surface area (Å²) in [5.41, 5.74) is -0.143. The van der Waals surface area contributed by atoms with Gasteiger partial charge in [0.1, 0.15) is 0 Å². The van der Waals surface area contributed by atoms with Gasteiger partial charge in [-0.3, -0.25) is 19.7 Å². The third-order valence-electron chi connectivity index (χ3n) is 4.97. The summed E-state index contributed by atoms with van der Waals surface area (Å²) < 4.78 is 0. The Balaban J connectivity index is 1.59. The number of hydrogen-bond donors (Lipinski definition) is 1. The van der Waals surface area contributed by atoms with Crippen molar-refractivity contribution >= 4 is 23.7 Å². The van der Waals surface area contributed by atoms with Crippen LogP contribution in [-0.4, -0.2) is 33.1 Å². The van der Waals surface area contributed by atoms with E-state index in [2.05, 4.69) is 5.10 Å². The standard InChI is InChI=1S/C16H13N3O5/c20-12-4-1-8(5-11(12)19(23)24)7-17-18-15(21)13-9-2-3-10(6-9)14(13)16(18)22/h1-5,7,9-10,13-14,20H,6H2/b17-7-/t9-,10-,13-,14+/m0/s1. The number of allylic oxidation sites excluding steroid dienone is 2. The monoisotopic (exact) mass is 327 g/mol. The quantitative estimate of drug-likeness (QED) is 0.297. The smallest absolute Gasteiger partial charge is 0.311 e. The van der Waals surface area contributed by atoms with E-state index in [0.29, 0.717) is 5.56 Å². The Labute approximate surface area is 136 Å². The van der Waals surface area contributed by atoms with Gasteiger partial charge >= 0.3 is 5.69 Å². The van der Waals surface area contributed by atoms with Crippen LogP contribution in [0.1, 0.15) is 12.0 Å². The van der Waals surface area contributed by atoms with Crippen LogP contribution >= 0.6 is 0 Å². The van der Waals surface area contributed by atoms with E-state index in [1.54, 1.807) is 0 Å². The van der Waals surface area contributed by atoms with Crippen LogP contribution in [0.25, 0.3) is 0 Å². The number of nitro benzene ring substituents is 1. The number of carbonyl (C=O) groups is 2. The minimum atomic E-state index is -0.716. The first-order valence-electron chi connectivity index (χ1n) is 7.55. The van der Waals surface area contributed by atoms with Gasteiger partial charge in [-0.1, -0.05) is 12.2 Å². The summed E-state index contributed by atoms with van der Waals surface area (Å²) in [6, 6.07) is 3.73. The van der Waals surface area contributed by atoms with Crippen LogP contribution in [0.15, 0.2) is 35.5 Å². The number of imide groups is 1. The van der Waals surface area contributed by atoms with Gasteiger partial charge in [0.15, 0.2) is 5.75 Å². The van der Waals surface area contributed by atoms with Gasteiger partial charge in [-0.05, 0) is 30.4 Å². The zero-order valence-corrected chi connectivity index (χ0v) is 12.4. The van der Waals surface area contributed by atoms with Crippen LogP contribution in [0, 0.1) is 33.8 Å². The number of rotatable bonds is 3. The predicted molar refractivity (Wildman–Crippen MR) is 81.9 cm³/mol. The van der Waals surface area contributed by atoms with Crippen molar-refractivity contribution in [2.24, 2.45) is 28.8 Å². The van der Waals surface area contributed by atoms with E-state index in [-0.39, 0.29) is 35.5 Å². The number of hydrogen-bond acceptors (Lipinski definition) is 6. The zero-order chi connectivity index (χ0) is 17.0. The average molecular weight is 327 g/mol. The summed E-state index contributed by atoms with van der Waals surface area (Å²) >= 11 is 0. The number of benzene rings is 1. The molecule has 1 aliphatic heterocycles. The molecule has 3 aliphatic rings. The van der Waals surface area contributed by atoms with Crippen LogP contribution in [0.3, 0.4) is 0 Å². The first-order chi connectivity index (χ1) is 11.5. The highest BCUT2D eigenvalue weighted by atomic mass is 16.6. The number of aromatic hydroxyl groups is 1. The number of amides is 2. The second-order valence-electron chi connectivity index (χ2n) is 6.24. The fourth-order valence-corrected chi connectivity index (χ4v) is 3.89. The minimum Gasteiger partial charge on any atom is -0.502 e. The second-order valence-corrected chi connectivity index (χ2v) is 6.24. The molecule has 1 aromatic carbocycles. The highest BCUT2D eigenvalue weighted by Gasteiger charge is 2.59. The van der Waals surface area contributed by atoms with Crippen LogP contribution in [0.5, 0.6) is 5.75 Å².